The summed E-state index contributed by atoms with van der Waals surface area (Å²) in [6.45, 7) is 9.95. The van der Waals surface area contributed by atoms with E-state index < -0.39 is 5.60 Å². The highest BCUT2D eigenvalue weighted by molar-refractivity contribution is 8.06. The van der Waals surface area contributed by atoms with Gasteiger partial charge in [-0.3, -0.25) is 0 Å². The van der Waals surface area contributed by atoms with Crippen LogP contribution in [0.15, 0.2) is 0 Å². The number of rotatable bonds is 5. The molecule has 1 amide bonds. The molecule has 1 N–H and O–H groups in total. The molecule has 0 saturated carbocycles. The average molecular weight is 361 g/mol. The van der Waals surface area contributed by atoms with E-state index in [4.69, 9.17) is 4.74 Å². The van der Waals surface area contributed by atoms with E-state index in [0.29, 0.717) is 12.1 Å². The van der Waals surface area contributed by atoms with E-state index in [1.165, 1.54) is 17.3 Å². The quantitative estimate of drug-likeness (QED) is 0.811. The molecule has 0 spiro atoms. The summed E-state index contributed by atoms with van der Waals surface area (Å²) in [6.07, 6.45) is 3.06. The van der Waals surface area contributed by atoms with E-state index in [1.807, 2.05) is 25.7 Å². The molecule has 6 heteroatoms. The van der Waals surface area contributed by atoms with Gasteiger partial charge in [0, 0.05) is 47.7 Å². The van der Waals surface area contributed by atoms with Gasteiger partial charge in [0.1, 0.15) is 5.60 Å². The Hall–Kier alpha value is -0.0700. The van der Waals surface area contributed by atoms with Crippen molar-refractivity contribution >= 4 is 29.6 Å². The number of hydrogen-bond donors (Lipinski definition) is 1. The van der Waals surface area contributed by atoms with Gasteiger partial charge in [-0.05, 0) is 47.0 Å². The predicted octanol–water partition coefficient (Wildman–Crippen LogP) is 3.60. The van der Waals surface area contributed by atoms with Crippen LogP contribution in [0.2, 0.25) is 0 Å². The van der Waals surface area contributed by atoms with Crippen molar-refractivity contribution in [3.8, 4) is 0 Å². The summed E-state index contributed by atoms with van der Waals surface area (Å²) >= 11 is 4.16. The summed E-state index contributed by atoms with van der Waals surface area (Å²) < 4.78 is 5.55. The Morgan fingerprint density at radius 1 is 1.39 bits per heavy atom. The van der Waals surface area contributed by atoms with E-state index >= 15 is 0 Å². The Bertz CT molecular complexity index is 381. The first kappa shape index (κ1) is 19.3. The maximum Gasteiger partial charge on any atom is 0.410 e. The van der Waals surface area contributed by atoms with Crippen LogP contribution in [-0.4, -0.2) is 64.3 Å². The molecule has 2 fully saturated rings. The van der Waals surface area contributed by atoms with Gasteiger partial charge in [-0.1, -0.05) is 0 Å². The molecule has 0 aromatic carbocycles. The second kappa shape index (κ2) is 8.86. The Morgan fingerprint density at radius 2 is 2.17 bits per heavy atom. The highest BCUT2D eigenvalue weighted by atomic mass is 32.2. The summed E-state index contributed by atoms with van der Waals surface area (Å²) in [4.78, 5) is 14.3. The minimum absolute atomic E-state index is 0.147. The molecule has 2 aliphatic rings. The van der Waals surface area contributed by atoms with Crippen LogP contribution in [0.25, 0.3) is 0 Å². The number of carbonyl (C=O) groups is 1. The maximum absolute atomic E-state index is 12.3. The topological polar surface area (TPSA) is 41.6 Å². The van der Waals surface area contributed by atoms with Gasteiger partial charge < -0.3 is 15.0 Å². The summed E-state index contributed by atoms with van der Waals surface area (Å²) in [5.74, 6) is 3.84. The Balaban J connectivity index is 1.75. The summed E-state index contributed by atoms with van der Waals surface area (Å²) in [6, 6.07) is 0.760. The average Bonchev–Trinajstić information content (AvgIpc) is 2.93. The normalized spacial score (nSPS) is 27.0. The van der Waals surface area contributed by atoms with Crippen molar-refractivity contribution in [2.75, 3.05) is 30.3 Å². The van der Waals surface area contributed by atoms with Crippen molar-refractivity contribution in [1.82, 2.24) is 10.2 Å². The van der Waals surface area contributed by atoms with Crippen LogP contribution in [0.1, 0.15) is 47.0 Å². The van der Waals surface area contributed by atoms with E-state index in [-0.39, 0.29) is 6.09 Å². The van der Waals surface area contributed by atoms with Crippen molar-refractivity contribution in [1.29, 1.82) is 0 Å². The molecule has 2 heterocycles. The SMILES string of the molecule is CC(CC1CCCN1C(=O)OC(C)(C)C)NCC1CSCCS1. The lowest BCUT2D eigenvalue weighted by Gasteiger charge is -2.30. The number of hydrogen-bond acceptors (Lipinski definition) is 5. The van der Waals surface area contributed by atoms with Crippen molar-refractivity contribution in [2.45, 2.75) is 69.9 Å². The molecular weight excluding hydrogens is 328 g/mol. The van der Waals surface area contributed by atoms with Gasteiger partial charge in [0.2, 0.25) is 0 Å². The van der Waals surface area contributed by atoms with Crippen molar-refractivity contribution in [2.24, 2.45) is 0 Å². The van der Waals surface area contributed by atoms with Crippen LogP contribution >= 0.6 is 23.5 Å². The van der Waals surface area contributed by atoms with Crippen LogP contribution in [0.4, 0.5) is 4.79 Å². The van der Waals surface area contributed by atoms with Crippen molar-refractivity contribution < 1.29 is 9.53 Å². The predicted molar refractivity (Wildman–Crippen MR) is 102 cm³/mol. The van der Waals surface area contributed by atoms with Gasteiger partial charge in [-0.25, -0.2) is 4.79 Å². The van der Waals surface area contributed by atoms with Crippen LogP contribution in [-0.2, 0) is 4.74 Å². The number of nitrogens with one attached hydrogen (secondary N) is 1. The smallest absolute Gasteiger partial charge is 0.410 e. The van der Waals surface area contributed by atoms with Gasteiger partial charge in [-0.2, -0.15) is 23.5 Å². The van der Waals surface area contributed by atoms with E-state index in [2.05, 4.69) is 35.8 Å². The molecule has 0 aromatic rings. The number of ether oxygens (including phenoxy) is 1. The van der Waals surface area contributed by atoms with Crippen LogP contribution < -0.4 is 5.32 Å². The zero-order chi connectivity index (χ0) is 16.9. The molecule has 0 aromatic heterocycles. The molecule has 3 unspecified atom stereocenters. The monoisotopic (exact) mass is 360 g/mol. The van der Waals surface area contributed by atoms with Crippen molar-refractivity contribution in [3.05, 3.63) is 0 Å². The van der Waals surface area contributed by atoms with Gasteiger partial charge in [0.25, 0.3) is 0 Å². The third-order valence-electron chi connectivity index (χ3n) is 4.21. The first-order chi connectivity index (χ1) is 10.8. The molecule has 4 nitrogen and oxygen atoms in total. The zero-order valence-electron chi connectivity index (χ0n) is 15.0. The third-order valence-corrected chi connectivity index (χ3v) is 7.05. The minimum atomic E-state index is -0.413. The number of thioether (sulfide) groups is 2. The largest absolute Gasteiger partial charge is 0.444 e. The van der Waals surface area contributed by atoms with Gasteiger partial charge >= 0.3 is 6.09 Å². The molecule has 23 heavy (non-hydrogen) atoms. The fraction of sp³-hybridized carbons (Fsp3) is 0.941. The minimum Gasteiger partial charge on any atom is -0.444 e. The Labute approximate surface area is 149 Å². The van der Waals surface area contributed by atoms with Crippen LogP contribution in [0.3, 0.4) is 0 Å². The summed E-state index contributed by atoms with van der Waals surface area (Å²) in [5.41, 5.74) is -0.413. The fourth-order valence-electron chi connectivity index (χ4n) is 3.12. The number of nitrogens with zero attached hydrogens (tertiary/aromatic N) is 1. The standard InChI is InChI=1S/C17H32N2O2S2/c1-13(18-11-15-12-22-8-9-23-15)10-14-6-5-7-19(14)16(20)21-17(2,3)4/h13-15,18H,5-12H2,1-4H3. The summed E-state index contributed by atoms with van der Waals surface area (Å²) in [5, 5.41) is 4.41. The molecule has 2 rings (SSSR count). The van der Waals surface area contributed by atoms with Crippen molar-refractivity contribution in [3.63, 3.8) is 0 Å². The lowest BCUT2D eigenvalue weighted by Crippen LogP contribution is -2.43. The molecule has 2 saturated heterocycles. The third kappa shape index (κ3) is 6.75. The van der Waals surface area contributed by atoms with Gasteiger partial charge in [0.15, 0.2) is 0 Å². The first-order valence-corrected chi connectivity index (χ1v) is 11.0. The highest BCUT2D eigenvalue weighted by Crippen LogP contribution is 2.25. The second-order valence-electron chi connectivity index (χ2n) is 7.58. The first-order valence-electron chi connectivity index (χ1n) is 8.77. The Kier molecular flexibility index (Phi) is 7.42. The summed E-state index contributed by atoms with van der Waals surface area (Å²) in [7, 11) is 0. The van der Waals surface area contributed by atoms with Gasteiger partial charge in [-0.15, -0.1) is 0 Å². The fourth-order valence-corrected chi connectivity index (χ4v) is 5.74. The molecule has 3 atom stereocenters. The van der Waals surface area contributed by atoms with Crippen LogP contribution in [0, 0.1) is 0 Å². The van der Waals surface area contributed by atoms with E-state index in [1.54, 1.807) is 0 Å². The molecule has 0 aliphatic carbocycles. The number of carbonyl (C=O) groups excluding carboxylic acids is 1. The van der Waals surface area contributed by atoms with E-state index in [9.17, 15) is 4.79 Å². The molecule has 134 valence electrons. The Morgan fingerprint density at radius 3 is 2.83 bits per heavy atom. The molecular formula is C17H32N2O2S2. The lowest BCUT2D eigenvalue weighted by atomic mass is 10.1. The van der Waals surface area contributed by atoms with E-state index in [0.717, 1.165) is 37.6 Å². The molecule has 0 radical (unpaired) electrons. The number of amides is 1. The maximum atomic E-state index is 12.3. The molecule has 2 aliphatic heterocycles. The second-order valence-corrected chi connectivity index (χ2v) is 10.1. The molecule has 0 bridgehead atoms. The lowest BCUT2D eigenvalue weighted by molar-refractivity contribution is 0.0215. The highest BCUT2D eigenvalue weighted by Gasteiger charge is 2.32. The zero-order valence-corrected chi connectivity index (χ0v) is 16.6. The van der Waals surface area contributed by atoms with Gasteiger partial charge in [0.05, 0.1) is 0 Å². The van der Waals surface area contributed by atoms with Crippen LogP contribution in [0.5, 0.6) is 0 Å². The number of likely N-dealkylation sites (tertiary alicyclic amines) is 1.